The van der Waals surface area contributed by atoms with Crippen LogP contribution in [0.4, 0.5) is 10.2 Å². The van der Waals surface area contributed by atoms with E-state index < -0.39 is 0 Å². The summed E-state index contributed by atoms with van der Waals surface area (Å²) in [5, 5.41) is 7.05. The molecule has 0 spiro atoms. The van der Waals surface area contributed by atoms with Gasteiger partial charge in [-0.2, -0.15) is 0 Å². The van der Waals surface area contributed by atoms with E-state index in [9.17, 15) is 14.0 Å². The maximum atomic E-state index is 13.9. The maximum absolute atomic E-state index is 13.9. The Labute approximate surface area is 201 Å². The van der Waals surface area contributed by atoms with Gasteiger partial charge in [0.1, 0.15) is 11.6 Å². The number of rotatable bonds is 6. The van der Waals surface area contributed by atoms with Gasteiger partial charge in [0.25, 0.3) is 11.5 Å². The Morgan fingerprint density at radius 1 is 1.26 bits per heavy atom. The van der Waals surface area contributed by atoms with Crippen molar-refractivity contribution in [3.8, 4) is 5.75 Å². The Kier molecular flexibility index (Phi) is 6.48. The van der Waals surface area contributed by atoms with Gasteiger partial charge in [-0.3, -0.25) is 9.59 Å². The lowest BCUT2D eigenvalue weighted by atomic mass is 9.81. The van der Waals surface area contributed by atoms with Gasteiger partial charge in [-0.1, -0.05) is 0 Å². The van der Waals surface area contributed by atoms with Gasteiger partial charge in [0, 0.05) is 30.1 Å². The number of nitrogens with one attached hydrogen (secondary N) is 2. The van der Waals surface area contributed by atoms with Crippen molar-refractivity contribution in [1.29, 1.82) is 0 Å². The fourth-order valence-corrected chi connectivity index (χ4v) is 5.06. The molecular weight excluding hydrogens is 451 g/mol. The van der Waals surface area contributed by atoms with Gasteiger partial charge in [-0.25, -0.2) is 14.4 Å². The first-order valence-electron chi connectivity index (χ1n) is 11.9. The summed E-state index contributed by atoms with van der Waals surface area (Å²) in [5.74, 6) is 1.15. The van der Waals surface area contributed by atoms with E-state index in [0.717, 1.165) is 36.6 Å². The van der Waals surface area contributed by atoms with Crippen molar-refractivity contribution < 1.29 is 13.9 Å². The average molecular weight is 481 g/mol. The van der Waals surface area contributed by atoms with Crippen molar-refractivity contribution in [3.05, 3.63) is 58.0 Å². The predicted molar refractivity (Wildman–Crippen MR) is 130 cm³/mol. The monoisotopic (exact) mass is 480 g/mol. The van der Waals surface area contributed by atoms with E-state index in [1.165, 1.54) is 12.1 Å². The highest BCUT2D eigenvalue weighted by Crippen LogP contribution is 2.28. The van der Waals surface area contributed by atoms with Crippen LogP contribution in [0, 0.1) is 18.7 Å². The highest BCUT2D eigenvalue weighted by atomic mass is 19.1. The molecule has 2 aromatic heterocycles. The number of benzene rings is 1. The summed E-state index contributed by atoms with van der Waals surface area (Å²) in [5.41, 5.74) is 7.83. The third kappa shape index (κ3) is 5.03. The molecule has 1 atom stereocenters. The Morgan fingerprint density at radius 3 is 2.86 bits per heavy atom. The fraction of sp³-hybridized carbons (Fsp3) is 0.440. The zero-order chi connectivity index (χ0) is 24.5. The molecular formula is C25H29FN6O3. The van der Waals surface area contributed by atoms with Crippen molar-refractivity contribution >= 4 is 22.6 Å². The summed E-state index contributed by atoms with van der Waals surface area (Å²) in [6.07, 6.45) is 5.33. The van der Waals surface area contributed by atoms with Crippen LogP contribution in [-0.2, 0) is 17.9 Å². The van der Waals surface area contributed by atoms with Gasteiger partial charge in [-0.05, 0) is 62.3 Å². The van der Waals surface area contributed by atoms with E-state index in [1.54, 1.807) is 22.9 Å². The lowest BCUT2D eigenvalue weighted by molar-refractivity contribution is -0.118. The summed E-state index contributed by atoms with van der Waals surface area (Å²) in [4.78, 5) is 32.9. The molecule has 1 aliphatic carbocycles. The van der Waals surface area contributed by atoms with Crippen LogP contribution >= 0.6 is 0 Å². The molecule has 1 aromatic carbocycles. The quantitative estimate of drug-likeness (QED) is 0.494. The molecule has 10 heteroatoms. The molecule has 35 heavy (non-hydrogen) atoms. The molecule has 0 radical (unpaired) electrons. The van der Waals surface area contributed by atoms with Crippen molar-refractivity contribution in [2.45, 2.75) is 57.8 Å². The molecule has 0 bridgehead atoms. The number of pyridine rings is 1. The molecule has 1 saturated carbocycles. The van der Waals surface area contributed by atoms with Gasteiger partial charge >= 0.3 is 0 Å². The van der Waals surface area contributed by atoms with Crippen LogP contribution in [0.25, 0.3) is 10.9 Å². The first kappa shape index (κ1) is 23.4. The summed E-state index contributed by atoms with van der Waals surface area (Å²) >= 11 is 0. The van der Waals surface area contributed by atoms with Crippen molar-refractivity contribution in [2.75, 3.05) is 11.9 Å². The Bertz CT molecular complexity index is 1320. The molecule has 5 rings (SSSR count). The Hall–Kier alpha value is -3.37. The number of halogens is 1. The Morgan fingerprint density at radius 2 is 2.06 bits per heavy atom. The minimum absolute atomic E-state index is 0.0228. The zero-order valence-electron chi connectivity index (χ0n) is 19.6. The Balaban J connectivity index is 1.18. The smallest absolute Gasteiger partial charge is 0.263 e. The number of aryl methyl sites for hydroxylation is 1. The van der Waals surface area contributed by atoms with Crippen LogP contribution in [0.5, 0.6) is 5.75 Å². The van der Waals surface area contributed by atoms with Crippen LogP contribution in [0.1, 0.15) is 37.1 Å². The summed E-state index contributed by atoms with van der Waals surface area (Å²) in [7, 11) is 0. The van der Waals surface area contributed by atoms with Crippen LogP contribution < -0.4 is 26.7 Å². The van der Waals surface area contributed by atoms with E-state index in [4.69, 9.17) is 10.5 Å². The summed E-state index contributed by atoms with van der Waals surface area (Å²) in [6.45, 7) is 2.68. The molecule has 0 unspecified atom stereocenters. The molecule has 3 aromatic rings. The van der Waals surface area contributed by atoms with Gasteiger partial charge < -0.3 is 25.7 Å². The minimum atomic E-state index is -0.366. The molecule has 1 aliphatic heterocycles. The number of anilines is 1. The second kappa shape index (κ2) is 9.71. The molecule has 4 N–H and O–H groups in total. The summed E-state index contributed by atoms with van der Waals surface area (Å²) in [6, 6.07) is 6.24. The molecule has 184 valence electrons. The lowest BCUT2D eigenvalue weighted by Gasteiger charge is -2.33. The van der Waals surface area contributed by atoms with Crippen molar-refractivity contribution in [1.82, 2.24) is 19.9 Å². The zero-order valence-corrected chi connectivity index (χ0v) is 19.6. The number of carbonyl (C=O) groups excluding carboxylic acids is 1. The van der Waals surface area contributed by atoms with Crippen LogP contribution in [0.3, 0.4) is 0 Å². The highest BCUT2D eigenvalue weighted by molar-refractivity contribution is 5.94. The number of nitrogens with zero attached hydrogens (tertiary/aromatic N) is 3. The van der Waals surface area contributed by atoms with Gasteiger partial charge in [0.05, 0.1) is 18.3 Å². The van der Waals surface area contributed by atoms with Gasteiger partial charge in [-0.15, -0.1) is 0 Å². The number of carbonyl (C=O) groups is 1. The second-order valence-electron chi connectivity index (χ2n) is 9.43. The normalized spacial score (nSPS) is 20.7. The minimum Gasteiger partial charge on any atom is -0.478 e. The number of hydrogen-bond acceptors (Lipinski definition) is 7. The van der Waals surface area contributed by atoms with E-state index in [-0.39, 0.29) is 35.9 Å². The van der Waals surface area contributed by atoms with E-state index >= 15 is 0 Å². The third-order valence-electron chi connectivity index (χ3n) is 7.02. The molecule has 2 aliphatic rings. The first-order valence-corrected chi connectivity index (χ1v) is 11.9. The van der Waals surface area contributed by atoms with Crippen molar-refractivity contribution in [2.24, 2.45) is 11.7 Å². The lowest BCUT2D eigenvalue weighted by Crippen LogP contribution is -2.42. The molecule has 1 amide bonds. The highest BCUT2D eigenvalue weighted by Gasteiger charge is 2.27. The van der Waals surface area contributed by atoms with Crippen LogP contribution in [-0.4, -0.2) is 39.1 Å². The molecule has 0 saturated heterocycles. The number of nitrogens with two attached hydrogens (primary N) is 1. The standard InChI is InChI=1S/C25H29FN6O3/c1-14-8-24(34)32(20-9-16(26)4-7-18(14)20)12-19(27)15-2-5-17(6-3-15)28-11-22-29-10-21-25(30-22)31-23(33)13-35-21/h4,7-10,15,17,19,28H,2-3,5-6,11-13,27H2,1H3,(H,29,30,31,33)/t15?,17?,19-/m0/s1. The predicted octanol–water partition coefficient (Wildman–Crippen LogP) is 2.25. The third-order valence-corrected chi connectivity index (χ3v) is 7.02. The van der Waals surface area contributed by atoms with Crippen LogP contribution in [0.2, 0.25) is 0 Å². The second-order valence-corrected chi connectivity index (χ2v) is 9.43. The van der Waals surface area contributed by atoms with Crippen LogP contribution in [0.15, 0.2) is 35.3 Å². The molecule has 3 heterocycles. The largest absolute Gasteiger partial charge is 0.478 e. The first-order chi connectivity index (χ1) is 16.9. The molecule has 9 nitrogen and oxygen atoms in total. The molecule has 1 fully saturated rings. The topological polar surface area (TPSA) is 124 Å². The number of fused-ring (bicyclic) bond motifs is 2. The number of ether oxygens (including phenoxy) is 1. The van der Waals surface area contributed by atoms with E-state index in [2.05, 4.69) is 20.6 Å². The summed E-state index contributed by atoms with van der Waals surface area (Å²) < 4.78 is 20.8. The van der Waals surface area contributed by atoms with E-state index in [0.29, 0.717) is 42.0 Å². The SMILES string of the molecule is Cc1cc(=O)n(C[C@H](N)C2CCC(NCc3ncc4c(n3)NC(=O)CO4)CC2)c2cc(F)ccc12. The number of hydrogen-bond donors (Lipinski definition) is 3. The maximum Gasteiger partial charge on any atom is 0.263 e. The van der Waals surface area contributed by atoms with E-state index in [1.807, 2.05) is 6.92 Å². The number of aromatic nitrogens is 3. The van der Waals surface area contributed by atoms with Crippen molar-refractivity contribution in [3.63, 3.8) is 0 Å². The fourth-order valence-electron chi connectivity index (χ4n) is 5.06. The van der Waals surface area contributed by atoms with Gasteiger partial charge in [0.2, 0.25) is 0 Å². The average Bonchev–Trinajstić information content (AvgIpc) is 2.85. The van der Waals surface area contributed by atoms with Gasteiger partial charge in [0.15, 0.2) is 18.2 Å². The number of amides is 1.